The highest BCUT2D eigenvalue weighted by Crippen LogP contribution is 2.41. The maximum atomic E-state index is 13.0. The molecule has 3 rings (SSSR count). The van der Waals surface area contributed by atoms with Gasteiger partial charge in [-0.25, -0.2) is 8.42 Å². The molecule has 12 heteroatoms. The van der Waals surface area contributed by atoms with Gasteiger partial charge in [0.25, 0.3) is 15.7 Å². The number of nitrogens with zero attached hydrogens (tertiary/aromatic N) is 1. The molecule has 0 heterocycles. The molecule has 0 bridgehead atoms. The molecule has 3 aromatic rings. The number of hydrogen-bond donors (Lipinski definition) is 2. The van der Waals surface area contributed by atoms with Crippen LogP contribution in [0.25, 0.3) is 12.2 Å². The number of benzene rings is 3. The number of hydrogen-bond acceptors (Lipinski definition) is 9. The Kier molecular flexibility index (Phi) is 7.90. The Labute approximate surface area is 207 Å². The number of anilines is 1. The normalized spacial score (nSPS) is 11.2. The summed E-state index contributed by atoms with van der Waals surface area (Å²) in [6, 6.07) is 10.7. The molecule has 0 saturated carbocycles. The van der Waals surface area contributed by atoms with Gasteiger partial charge < -0.3 is 24.1 Å². The first kappa shape index (κ1) is 26.2. The van der Waals surface area contributed by atoms with Crippen molar-refractivity contribution in [3.63, 3.8) is 0 Å². The third kappa shape index (κ3) is 5.44. The van der Waals surface area contributed by atoms with Crippen molar-refractivity contribution < 1.29 is 37.4 Å². The Balaban J connectivity index is 2.05. The Morgan fingerprint density at radius 3 is 1.94 bits per heavy atom. The lowest BCUT2D eigenvalue weighted by atomic mass is 10.1. The zero-order valence-corrected chi connectivity index (χ0v) is 20.7. The van der Waals surface area contributed by atoms with Gasteiger partial charge in [-0.3, -0.25) is 14.8 Å². The van der Waals surface area contributed by atoms with E-state index in [-0.39, 0.29) is 27.8 Å². The fraction of sp³-hybridized carbons (Fsp3) is 0.167. The lowest BCUT2D eigenvalue weighted by Gasteiger charge is -2.16. The summed E-state index contributed by atoms with van der Waals surface area (Å²) in [5.74, 6) is 0.883. The van der Waals surface area contributed by atoms with Crippen LogP contribution in [-0.4, -0.2) is 46.9 Å². The number of phenolic OH excluding ortho intramolecular Hbond substituents is 1. The van der Waals surface area contributed by atoms with E-state index >= 15 is 0 Å². The van der Waals surface area contributed by atoms with E-state index in [1.54, 1.807) is 24.3 Å². The second-order valence-electron chi connectivity index (χ2n) is 7.23. The third-order valence-corrected chi connectivity index (χ3v) is 6.48. The van der Waals surface area contributed by atoms with Gasteiger partial charge in [-0.2, -0.15) is 0 Å². The average molecular weight is 517 g/mol. The second kappa shape index (κ2) is 10.9. The van der Waals surface area contributed by atoms with Crippen molar-refractivity contribution in [2.45, 2.75) is 4.90 Å². The highest BCUT2D eigenvalue weighted by molar-refractivity contribution is 7.92. The zero-order chi connectivity index (χ0) is 26.5. The molecule has 0 unspecified atom stereocenters. The first-order valence-corrected chi connectivity index (χ1v) is 11.8. The predicted octanol–water partition coefficient (Wildman–Crippen LogP) is 4.31. The minimum atomic E-state index is -4.20. The lowest BCUT2D eigenvalue weighted by Crippen LogP contribution is -2.14. The highest BCUT2D eigenvalue weighted by atomic mass is 32.2. The van der Waals surface area contributed by atoms with Gasteiger partial charge in [0.1, 0.15) is 5.69 Å². The van der Waals surface area contributed by atoms with Crippen LogP contribution in [0.3, 0.4) is 0 Å². The van der Waals surface area contributed by atoms with Crippen molar-refractivity contribution >= 4 is 33.6 Å². The van der Waals surface area contributed by atoms with Gasteiger partial charge in [-0.1, -0.05) is 12.2 Å². The molecule has 3 aromatic carbocycles. The SMILES string of the molecule is COc1cc(C=Cc2ccc(O)c(OC)c2NS(=O)(=O)c2ccc([N+](=O)[O-])cc2)cc(OC)c1OC. The van der Waals surface area contributed by atoms with E-state index in [4.69, 9.17) is 18.9 Å². The molecule has 0 aliphatic carbocycles. The van der Waals surface area contributed by atoms with Gasteiger partial charge in [0.2, 0.25) is 5.75 Å². The van der Waals surface area contributed by atoms with Gasteiger partial charge in [0, 0.05) is 17.7 Å². The first-order valence-electron chi connectivity index (χ1n) is 10.3. The largest absolute Gasteiger partial charge is 0.504 e. The maximum absolute atomic E-state index is 13.0. The molecular weight excluding hydrogens is 492 g/mol. The van der Waals surface area contributed by atoms with E-state index < -0.39 is 14.9 Å². The van der Waals surface area contributed by atoms with E-state index in [0.29, 0.717) is 28.4 Å². The van der Waals surface area contributed by atoms with Gasteiger partial charge in [0.05, 0.1) is 38.3 Å². The number of aromatic hydroxyl groups is 1. The molecule has 0 aliphatic heterocycles. The van der Waals surface area contributed by atoms with E-state index in [1.807, 2.05) is 0 Å². The molecule has 0 amide bonds. The summed E-state index contributed by atoms with van der Waals surface area (Å²) in [6.07, 6.45) is 3.29. The molecule has 0 spiro atoms. The molecule has 11 nitrogen and oxygen atoms in total. The molecule has 0 atom stereocenters. The standard InChI is InChI=1S/C24H24N2O9S/c1-32-20-13-15(14-21(33-2)24(20)35-4)5-6-16-7-12-19(27)23(34-3)22(16)25-36(30,31)18-10-8-17(9-11-18)26(28)29/h5-14,25,27H,1-4H3. The van der Waals surface area contributed by atoms with Gasteiger partial charge in [-0.05, 0) is 42.0 Å². The summed E-state index contributed by atoms with van der Waals surface area (Å²) in [5.41, 5.74) is 0.738. The molecule has 0 aliphatic rings. The summed E-state index contributed by atoms with van der Waals surface area (Å²) in [5, 5.41) is 21.1. The number of nitro benzene ring substituents is 1. The highest BCUT2D eigenvalue weighted by Gasteiger charge is 2.22. The number of methoxy groups -OCH3 is 4. The molecule has 0 saturated heterocycles. The number of rotatable bonds is 10. The molecule has 0 aromatic heterocycles. The fourth-order valence-electron chi connectivity index (χ4n) is 3.36. The summed E-state index contributed by atoms with van der Waals surface area (Å²) < 4.78 is 49.8. The number of sulfonamides is 1. The number of nitrogens with one attached hydrogen (secondary N) is 1. The predicted molar refractivity (Wildman–Crippen MR) is 134 cm³/mol. The third-order valence-electron chi connectivity index (χ3n) is 5.11. The smallest absolute Gasteiger partial charge is 0.269 e. The van der Waals surface area contributed by atoms with Crippen LogP contribution in [0.2, 0.25) is 0 Å². The Morgan fingerprint density at radius 1 is 0.861 bits per heavy atom. The minimum Gasteiger partial charge on any atom is -0.504 e. The number of nitro groups is 1. The van der Waals surface area contributed by atoms with E-state index in [9.17, 15) is 23.6 Å². The molecule has 36 heavy (non-hydrogen) atoms. The maximum Gasteiger partial charge on any atom is 0.269 e. The van der Waals surface area contributed by atoms with Crippen LogP contribution in [0, 0.1) is 10.1 Å². The van der Waals surface area contributed by atoms with Crippen LogP contribution in [0.4, 0.5) is 11.4 Å². The Morgan fingerprint density at radius 2 is 1.44 bits per heavy atom. The van der Waals surface area contributed by atoms with Crippen molar-refractivity contribution in [2.24, 2.45) is 0 Å². The molecule has 190 valence electrons. The van der Waals surface area contributed by atoms with Gasteiger partial charge in [0.15, 0.2) is 23.0 Å². The van der Waals surface area contributed by atoms with E-state index in [2.05, 4.69) is 4.72 Å². The van der Waals surface area contributed by atoms with Crippen molar-refractivity contribution in [3.8, 4) is 28.7 Å². The summed E-state index contributed by atoms with van der Waals surface area (Å²) in [7, 11) is 1.55. The molecular formula is C24H24N2O9S. The van der Waals surface area contributed by atoms with E-state index in [1.165, 1.54) is 40.6 Å². The van der Waals surface area contributed by atoms with Crippen molar-refractivity contribution in [3.05, 3.63) is 69.8 Å². The molecule has 2 N–H and O–H groups in total. The number of ether oxygens (including phenoxy) is 4. The Hall–Kier alpha value is -4.45. The summed E-state index contributed by atoms with van der Waals surface area (Å²) in [6.45, 7) is 0. The van der Waals surface area contributed by atoms with Crippen molar-refractivity contribution in [2.75, 3.05) is 33.2 Å². The lowest BCUT2D eigenvalue weighted by molar-refractivity contribution is -0.384. The van der Waals surface area contributed by atoms with Crippen LogP contribution < -0.4 is 23.7 Å². The number of non-ortho nitro benzene ring substituents is 1. The van der Waals surface area contributed by atoms with Crippen LogP contribution in [0.15, 0.2) is 53.4 Å². The summed E-state index contributed by atoms with van der Waals surface area (Å²) in [4.78, 5) is 10.0. The van der Waals surface area contributed by atoms with Gasteiger partial charge in [-0.15, -0.1) is 0 Å². The Bertz CT molecular complexity index is 1380. The minimum absolute atomic E-state index is 0.0282. The topological polar surface area (TPSA) is 146 Å². The first-order chi connectivity index (χ1) is 17.1. The van der Waals surface area contributed by atoms with E-state index in [0.717, 1.165) is 24.3 Å². The zero-order valence-electron chi connectivity index (χ0n) is 19.8. The number of phenols is 1. The quantitative estimate of drug-likeness (QED) is 0.229. The second-order valence-corrected chi connectivity index (χ2v) is 8.91. The van der Waals surface area contributed by atoms with Crippen molar-refractivity contribution in [1.82, 2.24) is 0 Å². The van der Waals surface area contributed by atoms with Gasteiger partial charge >= 0.3 is 0 Å². The summed E-state index contributed by atoms with van der Waals surface area (Å²) >= 11 is 0. The van der Waals surface area contributed by atoms with Crippen LogP contribution in [0.5, 0.6) is 28.7 Å². The van der Waals surface area contributed by atoms with Crippen LogP contribution in [-0.2, 0) is 10.0 Å². The molecule has 0 radical (unpaired) electrons. The fourth-order valence-corrected chi connectivity index (χ4v) is 4.45. The van der Waals surface area contributed by atoms with Crippen LogP contribution >= 0.6 is 0 Å². The van der Waals surface area contributed by atoms with Crippen molar-refractivity contribution in [1.29, 1.82) is 0 Å². The average Bonchev–Trinajstić information content (AvgIpc) is 2.87. The van der Waals surface area contributed by atoms with Crippen LogP contribution in [0.1, 0.15) is 11.1 Å². The molecule has 0 fully saturated rings. The monoisotopic (exact) mass is 516 g/mol.